The van der Waals surface area contributed by atoms with Gasteiger partial charge in [0.2, 0.25) is 0 Å². The molecule has 0 unspecified atom stereocenters. The van der Waals surface area contributed by atoms with E-state index in [1.165, 1.54) is 24.3 Å². The summed E-state index contributed by atoms with van der Waals surface area (Å²) in [5.74, 6) is -0.841. The molecule has 0 aromatic heterocycles. The first kappa shape index (κ1) is 22.3. The molecule has 0 aliphatic carbocycles. The fourth-order valence-corrected chi connectivity index (χ4v) is 2.42. The van der Waals surface area contributed by atoms with E-state index in [1.807, 2.05) is 32.7 Å². The van der Waals surface area contributed by atoms with Crippen LogP contribution in [-0.2, 0) is 11.3 Å². The van der Waals surface area contributed by atoms with Crippen LogP contribution in [0.25, 0.3) is 0 Å². The van der Waals surface area contributed by atoms with Crippen LogP contribution in [0.5, 0.6) is 5.75 Å². The average Bonchev–Trinajstić information content (AvgIpc) is 2.67. The monoisotopic (exact) mass is 408 g/mol. The van der Waals surface area contributed by atoms with Crippen molar-refractivity contribution in [1.29, 1.82) is 0 Å². The van der Waals surface area contributed by atoms with Crippen LogP contribution < -0.4 is 4.74 Å². The Hall–Kier alpha value is -3.03. The largest absolute Gasteiger partial charge is 0.573 e. The van der Waals surface area contributed by atoms with Gasteiger partial charge in [-0.1, -0.05) is 12.1 Å². The van der Waals surface area contributed by atoms with E-state index in [0.717, 1.165) is 23.4 Å². The third-order valence-corrected chi connectivity index (χ3v) is 4.40. The van der Waals surface area contributed by atoms with Crippen molar-refractivity contribution in [1.82, 2.24) is 4.90 Å². The Balaban J connectivity index is 2.04. The fourth-order valence-electron chi connectivity index (χ4n) is 2.42. The number of ether oxygens (including phenoxy) is 2. The highest BCUT2D eigenvalue weighted by Crippen LogP contribution is 2.26. The molecule has 0 aliphatic rings. The molecule has 0 atom stereocenters. The molecule has 0 spiro atoms. The van der Waals surface area contributed by atoms with E-state index >= 15 is 0 Å². The molecule has 2 aromatic carbocycles. The minimum Gasteiger partial charge on any atom is -0.457 e. The molecule has 0 saturated heterocycles. The molecule has 0 radical (unpaired) electrons. The van der Waals surface area contributed by atoms with E-state index < -0.39 is 12.3 Å². The molecule has 8 heteroatoms. The van der Waals surface area contributed by atoms with Gasteiger partial charge in [-0.25, -0.2) is 9.79 Å². The van der Waals surface area contributed by atoms with Crippen molar-refractivity contribution in [3.63, 3.8) is 0 Å². The van der Waals surface area contributed by atoms with Gasteiger partial charge in [-0.3, -0.25) is 0 Å². The Kier molecular flexibility index (Phi) is 7.25. The number of carbonyl (C=O) groups is 1. The molecule has 0 heterocycles. The van der Waals surface area contributed by atoms with E-state index in [9.17, 15) is 18.0 Å². The third-order valence-electron chi connectivity index (χ3n) is 4.40. The van der Waals surface area contributed by atoms with Crippen LogP contribution in [0, 0.1) is 13.8 Å². The second-order valence-corrected chi connectivity index (χ2v) is 6.47. The van der Waals surface area contributed by atoms with Crippen LogP contribution in [0.2, 0.25) is 0 Å². The van der Waals surface area contributed by atoms with Gasteiger partial charge >= 0.3 is 12.3 Å². The molecule has 2 rings (SSSR count). The lowest BCUT2D eigenvalue weighted by Crippen LogP contribution is -2.17. The predicted molar refractivity (Wildman–Crippen MR) is 105 cm³/mol. The maximum atomic E-state index is 12.4. The van der Waals surface area contributed by atoms with Gasteiger partial charge in [0, 0.05) is 13.6 Å². The number of nitrogens with zero attached hydrogens (tertiary/aromatic N) is 2. The summed E-state index contributed by atoms with van der Waals surface area (Å²) >= 11 is 0. The van der Waals surface area contributed by atoms with E-state index in [4.69, 9.17) is 4.74 Å². The molecule has 5 nitrogen and oxygen atoms in total. The van der Waals surface area contributed by atoms with Gasteiger partial charge in [-0.15, -0.1) is 13.2 Å². The number of benzene rings is 2. The van der Waals surface area contributed by atoms with Crippen LogP contribution in [0.4, 0.5) is 18.9 Å². The first-order valence-electron chi connectivity index (χ1n) is 8.97. The summed E-state index contributed by atoms with van der Waals surface area (Å²) in [6.07, 6.45) is -3.02. The first-order valence-corrected chi connectivity index (χ1v) is 8.97. The average molecular weight is 408 g/mol. The van der Waals surface area contributed by atoms with Crippen LogP contribution in [-0.4, -0.2) is 37.2 Å². The van der Waals surface area contributed by atoms with Crippen molar-refractivity contribution >= 4 is 18.0 Å². The summed E-state index contributed by atoms with van der Waals surface area (Å²) in [5, 5.41) is 0. The first-order chi connectivity index (χ1) is 13.6. The highest BCUT2D eigenvalue weighted by Gasteiger charge is 2.30. The molecular weight excluding hydrogens is 385 g/mol. The van der Waals surface area contributed by atoms with E-state index in [0.29, 0.717) is 11.1 Å². The maximum Gasteiger partial charge on any atom is 0.573 e. The minimum absolute atomic E-state index is 0.0647. The molecule has 0 bridgehead atoms. The zero-order valence-electron chi connectivity index (χ0n) is 16.7. The minimum atomic E-state index is -4.74. The number of esters is 1. The van der Waals surface area contributed by atoms with Crippen LogP contribution in [0.3, 0.4) is 0 Å². The van der Waals surface area contributed by atoms with Crippen molar-refractivity contribution in [2.75, 3.05) is 13.6 Å². The van der Waals surface area contributed by atoms with Crippen molar-refractivity contribution < 1.29 is 27.4 Å². The molecule has 156 valence electrons. The highest BCUT2D eigenvalue weighted by molar-refractivity contribution is 5.92. The fraction of sp³-hybridized carbons (Fsp3) is 0.333. The quantitative estimate of drug-likeness (QED) is 0.360. The summed E-state index contributed by atoms with van der Waals surface area (Å²) in [5.41, 5.74) is 3.36. The van der Waals surface area contributed by atoms with Crippen molar-refractivity contribution in [3.05, 3.63) is 58.7 Å². The number of hydrogen-bond donors (Lipinski definition) is 0. The molecule has 0 N–H and O–H groups in total. The number of alkyl halides is 3. The van der Waals surface area contributed by atoms with Gasteiger partial charge in [0.05, 0.1) is 17.6 Å². The number of aliphatic imine (C=N–C) groups is 1. The summed E-state index contributed by atoms with van der Waals surface area (Å²) in [6, 6.07) is 8.58. The van der Waals surface area contributed by atoms with Crippen molar-refractivity contribution in [3.8, 4) is 5.75 Å². The van der Waals surface area contributed by atoms with E-state index in [-0.39, 0.29) is 12.4 Å². The number of rotatable bonds is 7. The number of carbonyl (C=O) groups excluding carboxylic acids is 1. The standard InChI is InChI=1S/C21H23F3N2O3/c1-5-26(4)13-25-19-11-10-18(14(2)15(19)3)20(27)28-12-16-6-8-17(9-7-16)29-21(22,23)24/h6-11,13H,5,12H2,1-4H3/b25-13+. The molecule has 2 aromatic rings. The zero-order valence-corrected chi connectivity index (χ0v) is 16.7. The van der Waals surface area contributed by atoms with Gasteiger partial charge in [0.25, 0.3) is 0 Å². The van der Waals surface area contributed by atoms with Crippen molar-refractivity contribution in [2.24, 2.45) is 4.99 Å². The van der Waals surface area contributed by atoms with E-state index in [2.05, 4.69) is 9.73 Å². The zero-order chi connectivity index (χ0) is 21.6. The Bertz CT molecular complexity index is 878. The Morgan fingerprint density at radius 1 is 1.10 bits per heavy atom. The van der Waals surface area contributed by atoms with Gasteiger partial charge in [0.1, 0.15) is 12.4 Å². The lowest BCUT2D eigenvalue weighted by Gasteiger charge is -2.13. The van der Waals surface area contributed by atoms with Crippen LogP contribution in [0.1, 0.15) is 34.0 Å². The van der Waals surface area contributed by atoms with Crippen LogP contribution >= 0.6 is 0 Å². The molecule has 29 heavy (non-hydrogen) atoms. The number of halogens is 3. The smallest absolute Gasteiger partial charge is 0.457 e. The lowest BCUT2D eigenvalue weighted by atomic mass is 10.0. The van der Waals surface area contributed by atoms with Gasteiger partial charge in [-0.2, -0.15) is 0 Å². The maximum absolute atomic E-state index is 12.4. The predicted octanol–water partition coefficient (Wildman–Crippen LogP) is 5.17. The van der Waals surface area contributed by atoms with Gasteiger partial charge in [0.15, 0.2) is 0 Å². The third kappa shape index (κ3) is 6.51. The molecule has 0 aliphatic heterocycles. The normalized spacial score (nSPS) is 11.6. The Labute approximate surface area is 167 Å². The second kappa shape index (κ2) is 9.45. The topological polar surface area (TPSA) is 51.1 Å². The SMILES string of the molecule is CCN(C)/C=N/c1ccc(C(=O)OCc2ccc(OC(F)(F)F)cc2)c(C)c1C. The Morgan fingerprint density at radius 2 is 1.76 bits per heavy atom. The number of hydrogen-bond acceptors (Lipinski definition) is 4. The molecular formula is C21H23F3N2O3. The van der Waals surface area contributed by atoms with Gasteiger partial charge in [-0.05, 0) is 61.7 Å². The summed E-state index contributed by atoms with van der Waals surface area (Å²) in [4.78, 5) is 18.8. The van der Waals surface area contributed by atoms with E-state index in [1.54, 1.807) is 18.5 Å². The highest BCUT2D eigenvalue weighted by atomic mass is 19.4. The lowest BCUT2D eigenvalue weighted by molar-refractivity contribution is -0.274. The summed E-state index contributed by atoms with van der Waals surface area (Å²) < 4.78 is 45.7. The molecule has 0 amide bonds. The van der Waals surface area contributed by atoms with Crippen LogP contribution in [0.15, 0.2) is 41.4 Å². The summed E-state index contributed by atoms with van der Waals surface area (Å²) in [6.45, 7) is 6.47. The summed E-state index contributed by atoms with van der Waals surface area (Å²) in [7, 11) is 1.92. The molecule has 0 fully saturated rings. The molecule has 0 saturated carbocycles. The Morgan fingerprint density at radius 3 is 2.34 bits per heavy atom. The second-order valence-electron chi connectivity index (χ2n) is 6.47. The van der Waals surface area contributed by atoms with Crippen molar-refractivity contribution in [2.45, 2.75) is 33.7 Å². The van der Waals surface area contributed by atoms with Gasteiger partial charge < -0.3 is 14.4 Å².